The summed E-state index contributed by atoms with van der Waals surface area (Å²) < 4.78 is 5.34. The molecule has 2 heteroatoms. The molecule has 12 heavy (non-hydrogen) atoms. The summed E-state index contributed by atoms with van der Waals surface area (Å²) in [5, 5.41) is 0. The van der Waals surface area contributed by atoms with Gasteiger partial charge in [-0.3, -0.25) is 0 Å². The average Bonchev–Trinajstić information content (AvgIpc) is 2.26. The van der Waals surface area contributed by atoms with E-state index in [1.54, 1.807) is 6.92 Å². The topological polar surface area (TPSA) is 30.2 Å². The number of Topliss-reactive ketones (excluding diaryl/α,β-unsaturated/α-hetero) is 1. The number of furan rings is 1. The third-order valence-corrected chi connectivity index (χ3v) is 1.89. The van der Waals surface area contributed by atoms with Crippen LogP contribution in [0.1, 0.15) is 30.4 Å². The van der Waals surface area contributed by atoms with Crippen molar-refractivity contribution < 1.29 is 9.21 Å². The average molecular weight is 166 g/mol. The lowest BCUT2D eigenvalue weighted by atomic mass is 10.1. The Morgan fingerprint density at radius 3 is 2.58 bits per heavy atom. The minimum atomic E-state index is 0.230. The van der Waals surface area contributed by atoms with Gasteiger partial charge >= 0.3 is 0 Å². The summed E-state index contributed by atoms with van der Waals surface area (Å²) in [6.45, 7) is 5.47. The van der Waals surface area contributed by atoms with Gasteiger partial charge in [-0.25, -0.2) is 0 Å². The number of rotatable bonds is 3. The van der Waals surface area contributed by atoms with Gasteiger partial charge < -0.3 is 9.21 Å². The van der Waals surface area contributed by atoms with E-state index in [4.69, 9.17) is 4.42 Å². The number of hydrogen-bond donors (Lipinski definition) is 0. The zero-order valence-electron chi connectivity index (χ0n) is 7.81. The van der Waals surface area contributed by atoms with E-state index in [1.165, 1.54) is 0 Å². The van der Waals surface area contributed by atoms with Crippen LogP contribution in [0.15, 0.2) is 10.5 Å². The van der Waals surface area contributed by atoms with E-state index in [1.807, 2.05) is 19.9 Å². The van der Waals surface area contributed by atoms with Crippen LogP contribution >= 0.6 is 0 Å². The molecule has 0 saturated carbocycles. The Morgan fingerprint density at radius 2 is 2.17 bits per heavy atom. The SMILES string of the molecule is CC(=O)CCc1cc(C)oc1C. The Hall–Kier alpha value is -1.05. The maximum Gasteiger partial charge on any atom is 0.130 e. The van der Waals surface area contributed by atoms with Gasteiger partial charge in [0.05, 0.1) is 0 Å². The van der Waals surface area contributed by atoms with Gasteiger partial charge in [0.2, 0.25) is 0 Å². The van der Waals surface area contributed by atoms with Crippen molar-refractivity contribution in [2.45, 2.75) is 33.6 Å². The lowest BCUT2D eigenvalue weighted by Crippen LogP contribution is -1.93. The van der Waals surface area contributed by atoms with Crippen molar-refractivity contribution in [2.24, 2.45) is 0 Å². The first-order valence-electron chi connectivity index (χ1n) is 4.15. The fraction of sp³-hybridized carbons (Fsp3) is 0.500. The molecule has 2 nitrogen and oxygen atoms in total. The molecule has 0 spiro atoms. The third-order valence-electron chi connectivity index (χ3n) is 1.89. The zero-order chi connectivity index (χ0) is 9.14. The van der Waals surface area contributed by atoms with Crippen LogP contribution in [0.4, 0.5) is 0 Å². The fourth-order valence-electron chi connectivity index (χ4n) is 1.24. The molecule has 0 aliphatic rings. The number of ketones is 1. The molecular weight excluding hydrogens is 152 g/mol. The Labute approximate surface area is 72.6 Å². The van der Waals surface area contributed by atoms with Crippen molar-refractivity contribution in [2.75, 3.05) is 0 Å². The van der Waals surface area contributed by atoms with E-state index in [9.17, 15) is 4.79 Å². The zero-order valence-corrected chi connectivity index (χ0v) is 7.81. The van der Waals surface area contributed by atoms with Crippen LogP contribution in [0, 0.1) is 13.8 Å². The number of carbonyl (C=O) groups is 1. The van der Waals surface area contributed by atoms with Crippen LogP contribution < -0.4 is 0 Å². The molecule has 0 aliphatic heterocycles. The number of aryl methyl sites for hydroxylation is 3. The summed E-state index contributed by atoms with van der Waals surface area (Å²) in [7, 11) is 0. The molecule has 0 fully saturated rings. The molecule has 1 rings (SSSR count). The van der Waals surface area contributed by atoms with Crippen molar-refractivity contribution in [3.05, 3.63) is 23.2 Å². The van der Waals surface area contributed by atoms with Gasteiger partial charge in [-0.15, -0.1) is 0 Å². The molecule has 0 radical (unpaired) electrons. The standard InChI is InChI=1S/C10H14O2/c1-7(11)4-5-10-6-8(2)12-9(10)3/h6H,4-5H2,1-3H3. The predicted molar refractivity (Wildman–Crippen MR) is 47.2 cm³/mol. The molecule has 0 atom stereocenters. The highest BCUT2D eigenvalue weighted by molar-refractivity contribution is 5.75. The lowest BCUT2D eigenvalue weighted by molar-refractivity contribution is -0.116. The minimum Gasteiger partial charge on any atom is -0.466 e. The molecule has 1 aromatic rings. The van der Waals surface area contributed by atoms with Gasteiger partial charge in [-0.05, 0) is 38.8 Å². The van der Waals surface area contributed by atoms with E-state index < -0.39 is 0 Å². The smallest absolute Gasteiger partial charge is 0.130 e. The molecule has 1 heterocycles. The maximum absolute atomic E-state index is 10.7. The van der Waals surface area contributed by atoms with Gasteiger partial charge in [0, 0.05) is 6.42 Å². The Balaban J connectivity index is 2.62. The van der Waals surface area contributed by atoms with Gasteiger partial charge in [0.25, 0.3) is 0 Å². The quantitative estimate of drug-likeness (QED) is 0.690. The first-order valence-corrected chi connectivity index (χ1v) is 4.15. The summed E-state index contributed by atoms with van der Waals surface area (Å²) >= 11 is 0. The second-order valence-electron chi connectivity index (χ2n) is 3.14. The van der Waals surface area contributed by atoms with Gasteiger partial charge in [-0.1, -0.05) is 0 Å². The molecule has 0 amide bonds. The molecule has 0 N–H and O–H groups in total. The highest BCUT2D eigenvalue weighted by Gasteiger charge is 2.04. The summed E-state index contributed by atoms with van der Waals surface area (Å²) in [6.07, 6.45) is 1.42. The van der Waals surface area contributed by atoms with Crippen LogP contribution in [0.3, 0.4) is 0 Å². The Morgan fingerprint density at radius 1 is 1.50 bits per heavy atom. The summed E-state index contributed by atoms with van der Waals surface area (Å²) in [5.74, 6) is 2.09. The molecule has 0 unspecified atom stereocenters. The van der Waals surface area contributed by atoms with E-state index in [2.05, 4.69) is 0 Å². The summed E-state index contributed by atoms with van der Waals surface area (Å²) in [6, 6.07) is 2.00. The fourth-order valence-corrected chi connectivity index (χ4v) is 1.24. The van der Waals surface area contributed by atoms with Crippen LogP contribution in [0.5, 0.6) is 0 Å². The summed E-state index contributed by atoms with van der Waals surface area (Å²) in [5.41, 5.74) is 1.16. The second-order valence-corrected chi connectivity index (χ2v) is 3.14. The number of carbonyl (C=O) groups excluding carboxylic acids is 1. The molecule has 0 saturated heterocycles. The van der Waals surface area contributed by atoms with Gasteiger partial charge in [0.15, 0.2) is 0 Å². The Bertz CT molecular complexity index is 284. The highest BCUT2D eigenvalue weighted by Crippen LogP contribution is 2.15. The van der Waals surface area contributed by atoms with E-state index >= 15 is 0 Å². The van der Waals surface area contributed by atoms with E-state index in [0.29, 0.717) is 6.42 Å². The van der Waals surface area contributed by atoms with E-state index in [-0.39, 0.29) is 5.78 Å². The van der Waals surface area contributed by atoms with Gasteiger partial charge in [0.1, 0.15) is 17.3 Å². The normalized spacial score (nSPS) is 10.2. The van der Waals surface area contributed by atoms with Crippen molar-refractivity contribution in [3.63, 3.8) is 0 Å². The largest absolute Gasteiger partial charge is 0.466 e. The molecule has 66 valence electrons. The molecule has 0 aromatic carbocycles. The lowest BCUT2D eigenvalue weighted by Gasteiger charge is -1.94. The van der Waals surface area contributed by atoms with Crippen molar-refractivity contribution >= 4 is 5.78 Å². The van der Waals surface area contributed by atoms with Crippen LogP contribution in [-0.2, 0) is 11.2 Å². The second kappa shape index (κ2) is 3.57. The molecule has 0 aliphatic carbocycles. The molecular formula is C10H14O2. The number of hydrogen-bond acceptors (Lipinski definition) is 2. The first-order chi connectivity index (χ1) is 5.59. The minimum absolute atomic E-state index is 0.230. The third kappa shape index (κ3) is 2.22. The molecule has 1 aromatic heterocycles. The van der Waals surface area contributed by atoms with Crippen LogP contribution in [0.2, 0.25) is 0 Å². The first kappa shape index (κ1) is 9.04. The maximum atomic E-state index is 10.7. The van der Waals surface area contributed by atoms with Crippen molar-refractivity contribution in [1.29, 1.82) is 0 Å². The highest BCUT2D eigenvalue weighted by atomic mass is 16.3. The van der Waals surface area contributed by atoms with Crippen molar-refractivity contribution in [1.82, 2.24) is 0 Å². The van der Waals surface area contributed by atoms with Gasteiger partial charge in [-0.2, -0.15) is 0 Å². The predicted octanol–water partition coefficient (Wildman–Crippen LogP) is 2.42. The van der Waals surface area contributed by atoms with Crippen LogP contribution in [0.25, 0.3) is 0 Å². The Kier molecular flexibility index (Phi) is 2.69. The van der Waals surface area contributed by atoms with Crippen LogP contribution in [-0.4, -0.2) is 5.78 Å². The van der Waals surface area contributed by atoms with E-state index in [0.717, 1.165) is 23.5 Å². The summed E-state index contributed by atoms with van der Waals surface area (Å²) in [4.78, 5) is 10.7. The molecule has 0 bridgehead atoms. The monoisotopic (exact) mass is 166 g/mol. The van der Waals surface area contributed by atoms with Crippen molar-refractivity contribution in [3.8, 4) is 0 Å².